The number of aliphatic hydroxyl groups is 1. The average Bonchev–Trinajstić information content (AvgIpc) is 2.36. The zero-order chi connectivity index (χ0) is 15.2. The molecule has 0 saturated carbocycles. The second-order valence-electron chi connectivity index (χ2n) is 4.94. The Balaban J connectivity index is 2.94. The third-order valence-corrected chi connectivity index (χ3v) is 2.93. The Hall–Kier alpha value is -1.82. The summed E-state index contributed by atoms with van der Waals surface area (Å²) in [7, 11) is 0. The van der Waals surface area contributed by atoms with Crippen molar-refractivity contribution in [3.8, 4) is 5.75 Å². The van der Waals surface area contributed by atoms with E-state index in [1.54, 1.807) is 32.0 Å². The lowest BCUT2D eigenvalue weighted by atomic mass is 10.0. The highest BCUT2D eigenvalue weighted by molar-refractivity contribution is 5.68. The van der Waals surface area contributed by atoms with Crippen molar-refractivity contribution in [3.05, 3.63) is 28.3 Å². The Morgan fingerprint density at radius 3 is 2.70 bits per heavy atom. The topological polar surface area (TPSA) is 84.6 Å². The lowest BCUT2D eigenvalue weighted by Gasteiger charge is -2.23. The van der Waals surface area contributed by atoms with E-state index in [2.05, 4.69) is 5.32 Å². The van der Waals surface area contributed by atoms with Gasteiger partial charge in [0.15, 0.2) is 5.75 Å². The van der Waals surface area contributed by atoms with Crippen LogP contribution in [0.5, 0.6) is 5.75 Å². The van der Waals surface area contributed by atoms with Crippen LogP contribution in [0.2, 0.25) is 0 Å². The summed E-state index contributed by atoms with van der Waals surface area (Å²) in [6.45, 7) is 6.07. The van der Waals surface area contributed by atoms with E-state index >= 15 is 0 Å². The molecule has 2 N–H and O–H groups in total. The van der Waals surface area contributed by atoms with E-state index in [0.717, 1.165) is 6.42 Å². The van der Waals surface area contributed by atoms with Gasteiger partial charge in [0.25, 0.3) is 0 Å². The molecule has 6 heteroatoms. The van der Waals surface area contributed by atoms with Crippen LogP contribution >= 0.6 is 0 Å². The molecule has 1 rings (SSSR count). The summed E-state index contributed by atoms with van der Waals surface area (Å²) in [5.74, 6) is 0.234. The smallest absolute Gasteiger partial charge is 0.333 e. The molecule has 20 heavy (non-hydrogen) atoms. The highest BCUT2D eigenvalue weighted by atomic mass is 16.6. The third kappa shape index (κ3) is 4.38. The number of hydrogen-bond acceptors (Lipinski definition) is 5. The number of nitro groups is 1. The van der Waals surface area contributed by atoms with E-state index < -0.39 is 10.5 Å². The fourth-order valence-corrected chi connectivity index (χ4v) is 2.04. The lowest BCUT2D eigenvalue weighted by Crippen LogP contribution is -2.33. The summed E-state index contributed by atoms with van der Waals surface area (Å²) in [6, 6.07) is 4.87. The average molecular weight is 282 g/mol. The van der Waals surface area contributed by atoms with Crippen molar-refractivity contribution in [2.75, 3.05) is 18.5 Å². The minimum absolute atomic E-state index is 0.0957. The summed E-state index contributed by atoms with van der Waals surface area (Å²) < 4.78 is 5.27. The van der Waals surface area contributed by atoms with Gasteiger partial charge in [-0.2, -0.15) is 0 Å². The van der Waals surface area contributed by atoms with Crippen LogP contribution in [-0.4, -0.2) is 28.8 Å². The molecule has 6 nitrogen and oxygen atoms in total. The number of anilines is 1. The summed E-state index contributed by atoms with van der Waals surface area (Å²) in [5, 5.41) is 24.3. The molecule has 1 unspecified atom stereocenters. The van der Waals surface area contributed by atoms with Gasteiger partial charge < -0.3 is 15.2 Å². The van der Waals surface area contributed by atoms with Crippen molar-refractivity contribution in [1.29, 1.82) is 0 Å². The minimum Gasteiger partial charge on any atom is -0.487 e. The molecule has 0 saturated heterocycles. The van der Waals surface area contributed by atoms with Crippen molar-refractivity contribution in [1.82, 2.24) is 0 Å². The molecular formula is C14H22N2O4. The van der Waals surface area contributed by atoms with Crippen molar-refractivity contribution >= 4 is 11.4 Å². The molecule has 0 aliphatic carbocycles. The summed E-state index contributed by atoms with van der Waals surface area (Å²) in [4.78, 5) is 10.7. The van der Waals surface area contributed by atoms with E-state index in [4.69, 9.17) is 4.74 Å². The van der Waals surface area contributed by atoms with Crippen molar-refractivity contribution in [2.24, 2.45) is 0 Å². The van der Waals surface area contributed by atoms with Crippen LogP contribution in [0.25, 0.3) is 0 Å². The summed E-state index contributed by atoms with van der Waals surface area (Å²) >= 11 is 0. The van der Waals surface area contributed by atoms with Gasteiger partial charge in [-0.05, 0) is 32.4 Å². The SMILES string of the molecule is CCCC(C)(O)CNc1cccc(OCC)c1[N+](=O)[O-]. The maximum Gasteiger partial charge on any atom is 0.333 e. The van der Waals surface area contributed by atoms with Crippen molar-refractivity contribution in [3.63, 3.8) is 0 Å². The van der Waals surface area contributed by atoms with Crippen LogP contribution in [0.15, 0.2) is 18.2 Å². The van der Waals surface area contributed by atoms with Crippen LogP contribution < -0.4 is 10.1 Å². The Morgan fingerprint density at radius 2 is 2.15 bits per heavy atom. The number of nitro benzene ring substituents is 1. The van der Waals surface area contributed by atoms with Gasteiger partial charge in [0.2, 0.25) is 0 Å². The Bertz CT molecular complexity index is 460. The maximum atomic E-state index is 11.2. The standard InChI is InChI=1S/C14H22N2O4/c1-4-9-14(3,17)10-15-11-7-6-8-12(20-5-2)13(11)16(18)19/h6-8,15,17H,4-5,9-10H2,1-3H3. The van der Waals surface area contributed by atoms with Gasteiger partial charge in [-0.3, -0.25) is 10.1 Å². The van der Waals surface area contributed by atoms with Crippen LogP contribution in [0, 0.1) is 10.1 Å². The Kier molecular flexibility index (Phi) is 5.76. The normalized spacial score (nSPS) is 13.6. The van der Waals surface area contributed by atoms with Gasteiger partial charge in [0.1, 0.15) is 5.69 Å². The molecule has 0 aliphatic rings. The molecule has 0 heterocycles. The second kappa shape index (κ2) is 7.09. The lowest BCUT2D eigenvalue weighted by molar-refractivity contribution is -0.384. The van der Waals surface area contributed by atoms with E-state index in [9.17, 15) is 15.2 Å². The van der Waals surface area contributed by atoms with E-state index in [-0.39, 0.29) is 18.0 Å². The summed E-state index contributed by atoms with van der Waals surface area (Å²) in [6.07, 6.45) is 1.47. The first-order chi connectivity index (χ1) is 9.41. The first-order valence-electron chi connectivity index (χ1n) is 6.77. The minimum atomic E-state index is -0.899. The predicted octanol–water partition coefficient (Wildman–Crippen LogP) is 2.96. The van der Waals surface area contributed by atoms with Gasteiger partial charge in [-0.25, -0.2) is 0 Å². The number of nitrogens with zero attached hydrogens (tertiary/aromatic N) is 1. The molecule has 0 radical (unpaired) electrons. The quantitative estimate of drug-likeness (QED) is 0.565. The van der Waals surface area contributed by atoms with Crippen LogP contribution in [-0.2, 0) is 0 Å². The monoisotopic (exact) mass is 282 g/mol. The number of para-hydroxylation sites is 1. The van der Waals surface area contributed by atoms with E-state index in [1.165, 1.54) is 0 Å². The number of benzene rings is 1. The molecule has 0 fully saturated rings. The molecule has 0 spiro atoms. The molecule has 0 bridgehead atoms. The second-order valence-corrected chi connectivity index (χ2v) is 4.94. The maximum absolute atomic E-state index is 11.2. The molecule has 1 aromatic carbocycles. The summed E-state index contributed by atoms with van der Waals surface area (Å²) in [5.41, 5.74) is -0.636. The van der Waals surface area contributed by atoms with Gasteiger partial charge in [-0.15, -0.1) is 0 Å². The first kappa shape index (κ1) is 16.2. The van der Waals surface area contributed by atoms with Crippen LogP contribution in [0.1, 0.15) is 33.6 Å². The Labute approximate surface area is 118 Å². The van der Waals surface area contributed by atoms with E-state index in [0.29, 0.717) is 18.7 Å². The fourth-order valence-electron chi connectivity index (χ4n) is 2.04. The number of nitrogens with one attached hydrogen (secondary N) is 1. The van der Waals surface area contributed by atoms with E-state index in [1.807, 2.05) is 6.92 Å². The highest BCUT2D eigenvalue weighted by Gasteiger charge is 2.24. The molecule has 0 amide bonds. The van der Waals surface area contributed by atoms with Crippen LogP contribution in [0.4, 0.5) is 11.4 Å². The van der Waals surface area contributed by atoms with Gasteiger partial charge in [0, 0.05) is 6.54 Å². The Morgan fingerprint density at radius 1 is 1.45 bits per heavy atom. The number of ether oxygens (including phenoxy) is 1. The van der Waals surface area contributed by atoms with Crippen LogP contribution in [0.3, 0.4) is 0 Å². The van der Waals surface area contributed by atoms with Gasteiger partial charge in [-0.1, -0.05) is 19.4 Å². The predicted molar refractivity (Wildman–Crippen MR) is 78.3 cm³/mol. The fraction of sp³-hybridized carbons (Fsp3) is 0.571. The van der Waals surface area contributed by atoms with Gasteiger partial charge >= 0.3 is 5.69 Å². The van der Waals surface area contributed by atoms with Crippen molar-refractivity contribution < 1.29 is 14.8 Å². The highest BCUT2D eigenvalue weighted by Crippen LogP contribution is 2.35. The number of hydrogen-bond donors (Lipinski definition) is 2. The molecule has 0 aliphatic heterocycles. The largest absolute Gasteiger partial charge is 0.487 e. The molecule has 1 atom stereocenters. The zero-order valence-corrected chi connectivity index (χ0v) is 12.2. The van der Waals surface area contributed by atoms with Crippen molar-refractivity contribution in [2.45, 2.75) is 39.2 Å². The number of rotatable bonds is 8. The molecular weight excluding hydrogens is 260 g/mol. The molecule has 112 valence electrons. The van der Waals surface area contributed by atoms with Gasteiger partial charge in [0.05, 0.1) is 17.1 Å². The first-order valence-corrected chi connectivity index (χ1v) is 6.77. The molecule has 1 aromatic rings. The molecule has 0 aromatic heterocycles. The zero-order valence-electron chi connectivity index (χ0n) is 12.2. The third-order valence-electron chi connectivity index (χ3n) is 2.93.